The molecule has 29 heavy (non-hydrogen) atoms. The van der Waals surface area contributed by atoms with Crippen LogP contribution in [0.15, 0.2) is 12.1 Å². The molecule has 5 nitrogen and oxygen atoms in total. The summed E-state index contributed by atoms with van der Waals surface area (Å²) >= 11 is 0. The van der Waals surface area contributed by atoms with Crippen molar-refractivity contribution in [2.75, 3.05) is 26.7 Å². The molecule has 0 saturated carbocycles. The molecule has 1 aromatic heterocycles. The molecule has 2 amide bonds. The zero-order chi connectivity index (χ0) is 20.7. The van der Waals surface area contributed by atoms with E-state index in [2.05, 4.69) is 48.2 Å². The minimum absolute atomic E-state index is 0.0747. The number of piperidine rings is 1. The molecule has 5 heteroatoms. The first-order valence-corrected chi connectivity index (χ1v) is 11.4. The van der Waals surface area contributed by atoms with Gasteiger partial charge in [-0.2, -0.15) is 0 Å². The van der Waals surface area contributed by atoms with Crippen LogP contribution in [0.1, 0.15) is 62.4 Å². The quantitative estimate of drug-likeness (QED) is 0.801. The lowest BCUT2D eigenvalue weighted by Gasteiger charge is -2.46. The van der Waals surface area contributed by atoms with Crippen LogP contribution in [0.25, 0.3) is 10.9 Å². The first-order valence-electron chi connectivity index (χ1n) is 11.4. The third-order valence-electron chi connectivity index (χ3n) is 7.21. The van der Waals surface area contributed by atoms with Gasteiger partial charge in [0.15, 0.2) is 0 Å². The Morgan fingerprint density at radius 1 is 1.21 bits per heavy atom. The van der Waals surface area contributed by atoms with Gasteiger partial charge in [0.1, 0.15) is 0 Å². The first kappa shape index (κ1) is 20.3. The van der Waals surface area contributed by atoms with Gasteiger partial charge in [0.25, 0.3) is 0 Å². The molecule has 2 heterocycles. The van der Waals surface area contributed by atoms with Crippen molar-refractivity contribution < 1.29 is 4.79 Å². The Bertz CT molecular complexity index is 898. The van der Waals surface area contributed by atoms with E-state index in [0.29, 0.717) is 12.0 Å². The lowest BCUT2D eigenvalue weighted by Crippen LogP contribution is -2.56. The molecule has 2 aromatic rings. The molecule has 158 valence electrons. The number of amides is 2. The highest BCUT2D eigenvalue weighted by Gasteiger charge is 2.41. The number of aromatic amines is 1. The van der Waals surface area contributed by atoms with E-state index in [-0.39, 0.29) is 12.1 Å². The molecule has 2 aliphatic rings. The van der Waals surface area contributed by atoms with Crippen molar-refractivity contribution in [1.82, 2.24) is 20.1 Å². The normalized spacial score (nSPS) is 23.8. The van der Waals surface area contributed by atoms with E-state index in [9.17, 15) is 4.79 Å². The van der Waals surface area contributed by atoms with Crippen LogP contribution in [-0.2, 0) is 19.3 Å². The smallest absolute Gasteiger partial charge is 0.317 e. The predicted octanol–water partition coefficient (Wildman–Crippen LogP) is 4.06. The second-order valence-electron chi connectivity index (χ2n) is 8.77. The molecule has 1 unspecified atom stereocenters. The van der Waals surface area contributed by atoms with E-state index in [0.717, 1.165) is 45.3 Å². The molecule has 0 radical (unpaired) electrons. The summed E-state index contributed by atoms with van der Waals surface area (Å²) in [6.45, 7) is 11.0. The second kappa shape index (κ2) is 8.02. The Balaban J connectivity index is 1.69. The van der Waals surface area contributed by atoms with Gasteiger partial charge >= 0.3 is 6.03 Å². The van der Waals surface area contributed by atoms with Crippen LogP contribution in [0, 0.1) is 0 Å². The Morgan fingerprint density at radius 2 is 1.97 bits per heavy atom. The van der Waals surface area contributed by atoms with Crippen molar-refractivity contribution in [3.8, 4) is 0 Å². The van der Waals surface area contributed by atoms with Gasteiger partial charge in [-0.1, -0.05) is 19.9 Å². The average Bonchev–Trinajstić information content (AvgIpc) is 3.08. The highest BCUT2D eigenvalue weighted by Crippen LogP contribution is 2.45. The molecule has 1 aromatic carbocycles. The molecule has 0 bridgehead atoms. The molecular formula is C24H36N4O. The van der Waals surface area contributed by atoms with E-state index in [1.807, 2.05) is 18.7 Å². The number of nitrogens with one attached hydrogen (secondary N) is 2. The number of fused-ring (bicyclic) bond motifs is 2. The van der Waals surface area contributed by atoms with Crippen molar-refractivity contribution in [2.45, 2.75) is 71.4 Å². The number of aromatic nitrogens is 1. The van der Waals surface area contributed by atoms with E-state index < -0.39 is 0 Å². The maximum absolute atomic E-state index is 12.7. The van der Waals surface area contributed by atoms with Gasteiger partial charge in [-0.05, 0) is 69.3 Å². The first-order chi connectivity index (χ1) is 14.0. The van der Waals surface area contributed by atoms with Crippen molar-refractivity contribution in [3.05, 3.63) is 34.5 Å². The molecule has 4 rings (SSSR count). The number of hydrogen-bond acceptors (Lipinski definition) is 2. The van der Waals surface area contributed by atoms with Gasteiger partial charge in [0, 0.05) is 54.2 Å². The monoisotopic (exact) mass is 396 g/mol. The summed E-state index contributed by atoms with van der Waals surface area (Å²) in [5.74, 6) is 0.470. The summed E-state index contributed by atoms with van der Waals surface area (Å²) in [6.07, 6.45) is 4.23. The van der Waals surface area contributed by atoms with Crippen LogP contribution in [-0.4, -0.2) is 59.6 Å². The van der Waals surface area contributed by atoms with Crippen LogP contribution in [0.3, 0.4) is 0 Å². The number of likely N-dealkylation sites (tertiary alicyclic amines) is 1. The average molecular weight is 397 g/mol. The summed E-state index contributed by atoms with van der Waals surface area (Å²) in [4.78, 5) is 20.7. The lowest BCUT2D eigenvalue weighted by molar-refractivity contribution is 0.124. The third kappa shape index (κ3) is 3.43. The molecule has 0 spiro atoms. The minimum atomic E-state index is 0.0747. The maximum atomic E-state index is 12.7. The molecule has 2 N–H and O–H groups in total. The lowest BCUT2D eigenvalue weighted by atomic mass is 9.73. The Morgan fingerprint density at radius 3 is 2.62 bits per heavy atom. The fourth-order valence-corrected chi connectivity index (χ4v) is 5.63. The number of carbonyl (C=O) groups is 1. The van der Waals surface area contributed by atoms with E-state index in [1.165, 1.54) is 33.3 Å². The number of rotatable bonds is 5. The van der Waals surface area contributed by atoms with Crippen LogP contribution >= 0.6 is 0 Å². The minimum Gasteiger partial charge on any atom is -0.358 e. The number of benzene rings is 1. The number of urea groups is 1. The van der Waals surface area contributed by atoms with Crippen molar-refractivity contribution in [1.29, 1.82) is 0 Å². The number of aryl methyl sites for hydroxylation is 2. The summed E-state index contributed by atoms with van der Waals surface area (Å²) in [7, 11) is 2.23. The van der Waals surface area contributed by atoms with E-state index in [1.54, 1.807) is 0 Å². The summed E-state index contributed by atoms with van der Waals surface area (Å²) in [6, 6.07) is 5.57. The van der Waals surface area contributed by atoms with Crippen LogP contribution in [0.4, 0.5) is 4.79 Å². The third-order valence-corrected chi connectivity index (χ3v) is 7.21. The van der Waals surface area contributed by atoms with Crippen LogP contribution in [0.2, 0.25) is 0 Å². The molecule has 1 saturated heterocycles. The number of likely N-dealkylation sites (N-methyl/N-ethyl adjacent to an activating group) is 1. The number of hydrogen-bond donors (Lipinski definition) is 2. The van der Waals surface area contributed by atoms with Gasteiger partial charge < -0.3 is 20.1 Å². The fraction of sp³-hybridized carbons (Fsp3) is 0.625. The molecule has 3 atom stereocenters. The summed E-state index contributed by atoms with van der Waals surface area (Å²) < 4.78 is 0. The van der Waals surface area contributed by atoms with Gasteiger partial charge in [-0.25, -0.2) is 4.79 Å². The zero-order valence-corrected chi connectivity index (χ0v) is 18.6. The fourth-order valence-electron chi connectivity index (χ4n) is 5.63. The molecule has 1 fully saturated rings. The van der Waals surface area contributed by atoms with Gasteiger partial charge in [0.05, 0.1) is 0 Å². The molecular weight excluding hydrogens is 360 g/mol. The Labute approximate surface area is 174 Å². The van der Waals surface area contributed by atoms with E-state index in [4.69, 9.17) is 0 Å². The number of carbonyl (C=O) groups excluding carboxylic acids is 1. The Hall–Kier alpha value is -2.01. The van der Waals surface area contributed by atoms with Gasteiger partial charge in [-0.3, -0.25) is 0 Å². The Kier molecular flexibility index (Phi) is 5.60. The van der Waals surface area contributed by atoms with Crippen molar-refractivity contribution >= 4 is 16.9 Å². The summed E-state index contributed by atoms with van der Waals surface area (Å²) in [5, 5.41) is 4.79. The molecule has 1 aliphatic heterocycles. The van der Waals surface area contributed by atoms with Crippen LogP contribution < -0.4 is 5.32 Å². The standard InChI is InChI=1S/C24H36N4O/c1-6-15-10-18-17-12-16(25-24(29)28(8-3)9-4)14-27(5)22(17)13-19-20(7-2)26-21(11-15)23(18)19/h10-11,16-17,22,26H,6-9,12-14H2,1-5H3,(H,25,29)/t16-,17?,22+/m0/s1. The van der Waals surface area contributed by atoms with E-state index >= 15 is 0 Å². The highest BCUT2D eigenvalue weighted by atomic mass is 16.2. The maximum Gasteiger partial charge on any atom is 0.317 e. The van der Waals surface area contributed by atoms with Gasteiger partial charge in [-0.15, -0.1) is 0 Å². The predicted molar refractivity (Wildman–Crippen MR) is 120 cm³/mol. The van der Waals surface area contributed by atoms with Crippen LogP contribution in [0.5, 0.6) is 0 Å². The van der Waals surface area contributed by atoms with Crippen molar-refractivity contribution in [3.63, 3.8) is 0 Å². The summed E-state index contributed by atoms with van der Waals surface area (Å²) in [5.41, 5.74) is 7.13. The zero-order valence-electron chi connectivity index (χ0n) is 18.6. The SMILES string of the molecule is CCc1cc2c3c(c(CC)[nH]c3c1)C[C@@H]1C2C[C@H](NC(=O)N(CC)CC)CN1C. The van der Waals surface area contributed by atoms with Gasteiger partial charge in [0.2, 0.25) is 0 Å². The second-order valence-corrected chi connectivity index (χ2v) is 8.77. The number of nitrogens with zero attached hydrogens (tertiary/aromatic N) is 2. The highest BCUT2D eigenvalue weighted by molar-refractivity contribution is 5.90. The number of H-pyrrole nitrogens is 1. The molecule has 1 aliphatic carbocycles. The van der Waals surface area contributed by atoms with Crippen molar-refractivity contribution in [2.24, 2.45) is 0 Å². The topological polar surface area (TPSA) is 51.4 Å². The largest absolute Gasteiger partial charge is 0.358 e.